The molecule has 570 valence electrons. The molecule has 5 saturated heterocycles. The first-order valence-electron chi connectivity index (χ1n) is 38.1. The number of hydroxylamine groups is 10. The lowest BCUT2D eigenvalue weighted by atomic mass is 9.73. The highest BCUT2D eigenvalue weighted by molar-refractivity contribution is 5.90. The van der Waals surface area contributed by atoms with Crippen molar-refractivity contribution >= 4 is 29.5 Å². The molecule has 5 N–H and O–H groups in total. The first kappa shape index (κ1) is 90.0. The molecule has 0 aromatic rings. The molecule has 6 rings (SSSR count). The topological polar surface area (TPSA) is 219 Å². The zero-order chi connectivity index (χ0) is 76.1. The molecule has 6 fully saturated rings. The summed E-state index contributed by atoms with van der Waals surface area (Å²) < 4.78 is 0. The Kier molecular flexibility index (Phi) is 30.0. The van der Waals surface area contributed by atoms with E-state index in [2.05, 4.69) is 145 Å². The third-order valence-corrected chi connectivity index (χ3v) is 25.0. The number of piperazine rings is 5. The van der Waals surface area contributed by atoms with Crippen LogP contribution in [0.5, 0.6) is 0 Å². The van der Waals surface area contributed by atoms with E-state index < -0.39 is 27.7 Å². The van der Waals surface area contributed by atoms with Crippen molar-refractivity contribution in [3.05, 3.63) is 0 Å². The summed E-state index contributed by atoms with van der Waals surface area (Å²) in [4.78, 5) is 74.2. The molecule has 0 aromatic heterocycles. The Balaban J connectivity index is 0.000000413. The van der Waals surface area contributed by atoms with Crippen LogP contribution in [0, 0.1) is 0 Å². The zero-order valence-corrected chi connectivity index (χ0v) is 68.7. The Morgan fingerprint density at radius 1 is 0.289 bits per heavy atom. The Morgan fingerprint density at radius 2 is 0.557 bits per heavy atom. The third-order valence-electron chi connectivity index (χ3n) is 25.0. The minimum absolute atomic E-state index is 0.00461. The lowest BCUT2D eigenvalue weighted by molar-refractivity contribution is -0.276. The van der Waals surface area contributed by atoms with E-state index in [-0.39, 0.29) is 84.9 Å². The van der Waals surface area contributed by atoms with Gasteiger partial charge in [0.25, 0.3) is 0 Å². The molecule has 5 heterocycles. The second kappa shape index (κ2) is 32.3. The Labute approximate surface area is 593 Å². The summed E-state index contributed by atoms with van der Waals surface area (Å²) in [5, 5.41) is 60.6. The summed E-state index contributed by atoms with van der Waals surface area (Å²) in [5.41, 5.74) is -6.71. The van der Waals surface area contributed by atoms with Crippen molar-refractivity contribution in [1.82, 2.24) is 49.8 Å². The minimum atomic E-state index is -0.864. The van der Waals surface area contributed by atoms with Gasteiger partial charge in [-0.1, -0.05) is 116 Å². The molecule has 6 aliphatic rings. The SMILES string of the molecule is CCC1(C)CN(C(C)(C)C)C(=O)C(CC)(CC)N1O.CCC1(CC)CN(C(C)(C)C)C(=O)C(C)(C)N1O.CCC1(CC)CN(C(C)(C)C)C(=O)C(C)(CC)N1O.CCC1(CC)CN(C(C)(C)C)C(=O)C(CC)(CC)N1O.CCC1(CC)CN(C(C)(C)C)C(=O)C2(CCCCC2)N1O. The maximum Gasteiger partial charge on any atom is 0.245 e. The van der Waals surface area contributed by atoms with Crippen molar-refractivity contribution in [2.45, 2.75) is 434 Å². The summed E-state index contributed by atoms with van der Waals surface area (Å²) in [6.07, 6.45) is 15.4. The first-order valence-corrected chi connectivity index (χ1v) is 38.1. The lowest BCUT2D eigenvalue weighted by Crippen LogP contribution is -2.76. The molecule has 2 atom stereocenters. The van der Waals surface area contributed by atoms with Crippen molar-refractivity contribution in [2.24, 2.45) is 0 Å². The van der Waals surface area contributed by atoms with Gasteiger partial charge in [0, 0.05) is 60.4 Å². The third kappa shape index (κ3) is 16.8. The van der Waals surface area contributed by atoms with Crippen LogP contribution in [0.25, 0.3) is 0 Å². The molecule has 20 nitrogen and oxygen atoms in total. The van der Waals surface area contributed by atoms with E-state index in [1.54, 1.807) is 13.8 Å². The summed E-state index contributed by atoms with van der Waals surface area (Å²) in [6, 6.07) is 0. The molecule has 0 radical (unpaired) electrons. The van der Waals surface area contributed by atoms with E-state index in [4.69, 9.17) is 0 Å². The Morgan fingerprint density at radius 3 is 0.856 bits per heavy atom. The lowest BCUT2D eigenvalue weighted by Gasteiger charge is -2.60. The second-order valence-corrected chi connectivity index (χ2v) is 35.7. The summed E-state index contributed by atoms with van der Waals surface area (Å²) in [5.74, 6) is 0.278. The molecule has 1 aliphatic carbocycles. The summed E-state index contributed by atoms with van der Waals surface area (Å²) in [6.45, 7) is 70.2. The van der Waals surface area contributed by atoms with Crippen LogP contribution in [-0.4, -0.2) is 221 Å². The normalized spacial score (nSPS) is 26.3. The summed E-state index contributed by atoms with van der Waals surface area (Å²) in [7, 11) is 0. The Hall–Kier alpha value is -3.05. The zero-order valence-electron chi connectivity index (χ0n) is 68.7. The van der Waals surface area contributed by atoms with Gasteiger partial charge in [-0.15, -0.1) is 0 Å². The van der Waals surface area contributed by atoms with Crippen LogP contribution in [0.2, 0.25) is 0 Å². The van der Waals surface area contributed by atoms with Crippen LogP contribution < -0.4 is 0 Å². The minimum Gasteiger partial charge on any atom is -0.334 e. The standard InChI is InChI=1S/C17H32N2O2.C16H32N2O2.2C15H30N2O2.C14H28N2O2/c1-6-16(7-2)13-18(15(3,4)5)14(20)17(19(16)21)11-9-8-10-12-17;1-8-15(9-2)12-17(14(5,6)7)13(19)16(10-3,11-4)18(15)20;1-8-14(7)12(18)16(13(4,5)6)11-15(9-2,10-3)17(14)19;1-8-14(7)11-16(13(4,5)6)12(18)15(9-2,10-3)17(14)19;1-8-14(9-2)10-15(12(3,4)5)11(17)13(6,7)16(14)18/h21H,6-13H2,1-5H3;20H,8-12H2,1-7H3;2*19H,8-11H2,1-7H3;18H,8-10H2,1-7H3. The van der Waals surface area contributed by atoms with Crippen molar-refractivity contribution < 1.29 is 50.0 Å². The fourth-order valence-electron chi connectivity index (χ4n) is 16.2. The monoisotopic (exact) mass is 1380 g/mol. The van der Waals surface area contributed by atoms with Gasteiger partial charge in [0.2, 0.25) is 29.5 Å². The maximum absolute atomic E-state index is 13.2. The van der Waals surface area contributed by atoms with E-state index >= 15 is 0 Å². The largest absolute Gasteiger partial charge is 0.334 e. The number of amides is 5. The molecule has 2 unspecified atom stereocenters. The van der Waals surface area contributed by atoms with Crippen LogP contribution in [-0.2, 0) is 24.0 Å². The van der Waals surface area contributed by atoms with Crippen molar-refractivity contribution in [3.8, 4) is 0 Å². The highest BCUT2D eigenvalue weighted by atomic mass is 16.5. The number of hydrogen-bond donors (Lipinski definition) is 5. The molecule has 1 saturated carbocycles. The fraction of sp³-hybridized carbons (Fsp3) is 0.935. The van der Waals surface area contributed by atoms with Crippen molar-refractivity contribution in [3.63, 3.8) is 0 Å². The van der Waals surface area contributed by atoms with Crippen molar-refractivity contribution in [2.75, 3.05) is 32.7 Å². The van der Waals surface area contributed by atoms with Gasteiger partial charge < -0.3 is 50.5 Å². The van der Waals surface area contributed by atoms with Gasteiger partial charge in [-0.05, 0) is 234 Å². The molecule has 97 heavy (non-hydrogen) atoms. The second-order valence-electron chi connectivity index (χ2n) is 35.7. The molecule has 20 heteroatoms. The van der Waals surface area contributed by atoms with E-state index in [0.29, 0.717) is 64.8 Å². The van der Waals surface area contributed by atoms with Crippen LogP contribution in [0.1, 0.15) is 350 Å². The molecule has 0 bridgehead atoms. The molecule has 5 amide bonds. The Bertz CT molecular complexity index is 2550. The van der Waals surface area contributed by atoms with Gasteiger partial charge >= 0.3 is 0 Å². The molecule has 0 aromatic carbocycles. The molecule has 5 aliphatic heterocycles. The fourth-order valence-corrected chi connectivity index (χ4v) is 16.2. The number of hydrogen-bond acceptors (Lipinski definition) is 15. The van der Waals surface area contributed by atoms with Gasteiger partial charge in [-0.2, -0.15) is 25.3 Å². The predicted octanol–water partition coefficient (Wildman–Crippen LogP) is 15.8. The van der Waals surface area contributed by atoms with E-state index in [1.165, 1.54) is 31.7 Å². The number of nitrogens with zero attached hydrogens (tertiary/aromatic N) is 10. The molecular weight excluding hydrogens is 1220 g/mol. The summed E-state index contributed by atoms with van der Waals surface area (Å²) >= 11 is 0. The smallest absolute Gasteiger partial charge is 0.245 e. The first-order chi connectivity index (χ1) is 44.1. The predicted molar refractivity (Wildman–Crippen MR) is 393 cm³/mol. The highest BCUT2D eigenvalue weighted by Gasteiger charge is 2.63. The average Bonchev–Trinajstić information content (AvgIpc) is 0.763. The van der Waals surface area contributed by atoms with E-state index in [1.807, 2.05) is 93.7 Å². The van der Waals surface area contributed by atoms with Gasteiger partial charge in [0.1, 0.15) is 27.7 Å². The van der Waals surface area contributed by atoms with Gasteiger partial charge in [0.15, 0.2) is 0 Å². The number of carbonyl (C=O) groups excluding carboxylic acids is 5. The van der Waals surface area contributed by atoms with E-state index in [9.17, 15) is 50.0 Å². The molecular formula is C77H152N10O10. The number of carbonyl (C=O) groups is 5. The van der Waals surface area contributed by atoms with Crippen LogP contribution in [0.4, 0.5) is 0 Å². The van der Waals surface area contributed by atoms with Gasteiger partial charge in [0.05, 0.1) is 27.7 Å². The van der Waals surface area contributed by atoms with Crippen LogP contribution in [0.3, 0.4) is 0 Å². The average molecular weight is 1380 g/mol. The van der Waals surface area contributed by atoms with Crippen LogP contribution in [0.15, 0.2) is 0 Å². The quantitative estimate of drug-likeness (QED) is 0.109. The van der Waals surface area contributed by atoms with Crippen molar-refractivity contribution in [1.29, 1.82) is 0 Å². The van der Waals surface area contributed by atoms with Crippen LogP contribution >= 0.6 is 0 Å². The highest BCUT2D eigenvalue weighted by Crippen LogP contribution is 2.48. The van der Waals surface area contributed by atoms with Gasteiger partial charge in [-0.25, -0.2) is 0 Å². The number of rotatable bonds is 14. The molecule has 1 spiro atoms. The van der Waals surface area contributed by atoms with E-state index in [0.717, 1.165) is 83.5 Å². The van der Waals surface area contributed by atoms with Gasteiger partial charge in [-0.3, -0.25) is 24.0 Å². The maximum atomic E-state index is 13.2.